The zero-order chi connectivity index (χ0) is 9.19. The molecule has 0 spiro atoms. The fourth-order valence-electron chi connectivity index (χ4n) is 0.719. The average Bonchev–Trinajstić information content (AvgIpc) is 2.36. The SMILES string of the molecule is CC[S@@](C)(=O)=Nc1ccnn1C. The highest BCUT2D eigenvalue weighted by molar-refractivity contribution is 7.93. The Morgan fingerprint density at radius 3 is 2.83 bits per heavy atom. The zero-order valence-electron chi connectivity index (χ0n) is 7.52. The summed E-state index contributed by atoms with van der Waals surface area (Å²) in [6.07, 6.45) is 3.30. The summed E-state index contributed by atoms with van der Waals surface area (Å²) in [5.74, 6) is 1.24. The van der Waals surface area contributed by atoms with E-state index >= 15 is 0 Å². The third-order valence-corrected chi connectivity index (χ3v) is 3.26. The van der Waals surface area contributed by atoms with Crippen molar-refractivity contribution in [2.24, 2.45) is 11.4 Å². The van der Waals surface area contributed by atoms with Crippen LogP contribution in [0.25, 0.3) is 0 Å². The van der Waals surface area contributed by atoms with E-state index in [1.165, 1.54) is 0 Å². The Hall–Kier alpha value is -0.840. The monoisotopic (exact) mass is 187 g/mol. The van der Waals surface area contributed by atoms with Crippen LogP contribution < -0.4 is 0 Å². The molecule has 0 aromatic carbocycles. The fraction of sp³-hybridized carbons (Fsp3) is 0.571. The first-order valence-corrected chi connectivity index (χ1v) is 5.82. The van der Waals surface area contributed by atoms with Crippen LogP contribution in [0.3, 0.4) is 0 Å². The Bertz CT molecular complexity index is 374. The van der Waals surface area contributed by atoms with E-state index in [9.17, 15) is 4.21 Å². The van der Waals surface area contributed by atoms with Gasteiger partial charge in [-0.3, -0.25) is 4.68 Å². The van der Waals surface area contributed by atoms with Crippen molar-refractivity contribution in [2.45, 2.75) is 6.92 Å². The molecule has 68 valence electrons. The maximum atomic E-state index is 11.6. The van der Waals surface area contributed by atoms with Crippen molar-refractivity contribution in [1.82, 2.24) is 9.78 Å². The lowest BCUT2D eigenvalue weighted by atomic mass is 10.7. The van der Waals surface area contributed by atoms with Crippen molar-refractivity contribution in [1.29, 1.82) is 0 Å². The van der Waals surface area contributed by atoms with E-state index in [0.29, 0.717) is 11.6 Å². The van der Waals surface area contributed by atoms with Gasteiger partial charge < -0.3 is 0 Å². The number of hydrogen-bond acceptors (Lipinski definition) is 3. The largest absolute Gasteiger partial charge is 0.250 e. The van der Waals surface area contributed by atoms with Gasteiger partial charge in [-0.05, 0) is 0 Å². The highest BCUT2D eigenvalue weighted by Gasteiger charge is 2.00. The highest BCUT2D eigenvalue weighted by Crippen LogP contribution is 2.11. The van der Waals surface area contributed by atoms with Gasteiger partial charge in [0.15, 0.2) is 5.82 Å². The van der Waals surface area contributed by atoms with Gasteiger partial charge in [0.05, 0.1) is 15.9 Å². The average molecular weight is 187 g/mol. The van der Waals surface area contributed by atoms with Crippen molar-refractivity contribution in [3.05, 3.63) is 12.3 Å². The van der Waals surface area contributed by atoms with Crippen LogP contribution >= 0.6 is 0 Å². The molecule has 1 rings (SSSR count). The van der Waals surface area contributed by atoms with Crippen molar-refractivity contribution < 1.29 is 4.21 Å². The number of aryl methyl sites for hydroxylation is 1. The highest BCUT2D eigenvalue weighted by atomic mass is 32.2. The van der Waals surface area contributed by atoms with E-state index in [1.807, 2.05) is 6.92 Å². The predicted octanol–water partition coefficient (Wildman–Crippen LogP) is 1.17. The van der Waals surface area contributed by atoms with E-state index in [-0.39, 0.29) is 0 Å². The predicted molar refractivity (Wildman–Crippen MR) is 49.9 cm³/mol. The first kappa shape index (κ1) is 9.25. The molecule has 0 aliphatic carbocycles. The van der Waals surface area contributed by atoms with Gasteiger partial charge in [0, 0.05) is 25.1 Å². The molecule has 0 bridgehead atoms. The second-order valence-corrected chi connectivity index (χ2v) is 5.33. The van der Waals surface area contributed by atoms with E-state index in [2.05, 4.69) is 9.46 Å². The molecule has 0 saturated heterocycles. The summed E-state index contributed by atoms with van der Waals surface area (Å²) in [5.41, 5.74) is 0. The van der Waals surface area contributed by atoms with Gasteiger partial charge in [-0.15, -0.1) is 0 Å². The molecule has 0 fully saturated rings. The quantitative estimate of drug-likeness (QED) is 0.697. The molecule has 1 aromatic heterocycles. The van der Waals surface area contributed by atoms with Crippen LogP contribution in [0.4, 0.5) is 5.82 Å². The minimum atomic E-state index is -2.05. The molecule has 1 atom stereocenters. The van der Waals surface area contributed by atoms with Crippen LogP contribution in [0, 0.1) is 0 Å². The van der Waals surface area contributed by atoms with Crippen LogP contribution in [-0.4, -0.2) is 26.0 Å². The zero-order valence-corrected chi connectivity index (χ0v) is 8.34. The molecule has 0 aliphatic heterocycles. The number of nitrogens with zero attached hydrogens (tertiary/aromatic N) is 3. The van der Waals surface area contributed by atoms with Crippen LogP contribution in [0.2, 0.25) is 0 Å². The third kappa shape index (κ3) is 2.07. The molecule has 4 nitrogen and oxygen atoms in total. The van der Waals surface area contributed by atoms with Gasteiger partial charge >= 0.3 is 0 Å². The van der Waals surface area contributed by atoms with E-state index in [4.69, 9.17) is 0 Å². The molecule has 5 heteroatoms. The second-order valence-electron chi connectivity index (χ2n) is 2.65. The van der Waals surface area contributed by atoms with Crippen molar-refractivity contribution in [3.63, 3.8) is 0 Å². The Morgan fingerprint density at radius 2 is 2.42 bits per heavy atom. The molecule has 0 saturated carbocycles. The third-order valence-electron chi connectivity index (χ3n) is 1.62. The van der Waals surface area contributed by atoms with Crippen LogP contribution in [0.1, 0.15) is 6.92 Å². The number of aromatic nitrogens is 2. The minimum Gasteiger partial charge on any atom is -0.250 e. The van der Waals surface area contributed by atoms with Gasteiger partial charge in [-0.2, -0.15) is 9.46 Å². The van der Waals surface area contributed by atoms with E-state index < -0.39 is 9.73 Å². The second kappa shape index (κ2) is 3.26. The standard InChI is InChI=1S/C7H13N3OS/c1-4-12(3,11)9-7-5-6-8-10(7)2/h5-6H,4H2,1-3H3/t12-/m1/s1. The first-order chi connectivity index (χ1) is 5.55. The molecule has 0 unspecified atom stereocenters. The Labute approximate surface area is 72.8 Å². The normalized spacial score (nSPS) is 15.6. The van der Waals surface area contributed by atoms with Crippen molar-refractivity contribution >= 4 is 15.5 Å². The molecule has 0 amide bonds. The van der Waals surface area contributed by atoms with Gasteiger partial charge in [0.2, 0.25) is 0 Å². The van der Waals surface area contributed by atoms with Crippen molar-refractivity contribution in [2.75, 3.05) is 12.0 Å². The van der Waals surface area contributed by atoms with Crippen LogP contribution in [0.15, 0.2) is 16.6 Å². The van der Waals surface area contributed by atoms with Crippen LogP contribution in [0.5, 0.6) is 0 Å². The first-order valence-electron chi connectivity index (χ1n) is 3.73. The summed E-state index contributed by atoms with van der Waals surface area (Å²) in [6.45, 7) is 1.86. The number of hydrogen-bond donors (Lipinski definition) is 0. The molecule has 12 heavy (non-hydrogen) atoms. The molecule has 0 radical (unpaired) electrons. The maximum absolute atomic E-state index is 11.6. The topological polar surface area (TPSA) is 47.2 Å². The van der Waals surface area contributed by atoms with Gasteiger partial charge in [-0.25, -0.2) is 4.21 Å². The van der Waals surface area contributed by atoms with Gasteiger partial charge in [0.25, 0.3) is 0 Å². The summed E-state index contributed by atoms with van der Waals surface area (Å²) >= 11 is 0. The molecule has 1 aromatic rings. The summed E-state index contributed by atoms with van der Waals surface area (Å²) in [4.78, 5) is 0. The molecule has 0 aliphatic rings. The van der Waals surface area contributed by atoms with Gasteiger partial charge in [0.1, 0.15) is 0 Å². The minimum absolute atomic E-state index is 0.568. The number of rotatable bonds is 2. The molecular formula is C7H13N3OS. The summed E-state index contributed by atoms with van der Waals surface area (Å²) in [7, 11) is -0.269. The lowest BCUT2D eigenvalue weighted by Crippen LogP contribution is -1.99. The Morgan fingerprint density at radius 1 is 1.75 bits per heavy atom. The fourth-order valence-corrected chi connectivity index (χ4v) is 1.42. The smallest absolute Gasteiger partial charge is 0.159 e. The summed E-state index contributed by atoms with van der Waals surface area (Å²) in [5, 5.41) is 3.93. The summed E-state index contributed by atoms with van der Waals surface area (Å²) < 4.78 is 17.3. The molecular weight excluding hydrogens is 174 g/mol. The Balaban J connectivity index is 3.12. The molecule has 0 N–H and O–H groups in total. The van der Waals surface area contributed by atoms with Crippen molar-refractivity contribution in [3.8, 4) is 0 Å². The Kier molecular flexibility index (Phi) is 2.52. The lowest BCUT2D eigenvalue weighted by Gasteiger charge is -1.99. The van der Waals surface area contributed by atoms with E-state index in [0.717, 1.165) is 0 Å². The van der Waals surface area contributed by atoms with E-state index in [1.54, 1.807) is 30.2 Å². The summed E-state index contributed by atoms with van der Waals surface area (Å²) in [6, 6.07) is 1.75. The van der Waals surface area contributed by atoms with Gasteiger partial charge in [-0.1, -0.05) is 6.92 Å². The lowest BCUT2D eigenvalue weighted by molar-refractivity contribution is 0.680. The maximum Gasteiger partial charge on any atom is 0.159 e. The van der Waals surface area contributed by atoms with Crippen LogP contribution in [-0.2, 0) is 16.8 Å². The molecule has 1 heterocycles.